The maximum absolute atomic E-state index is 12.9. The minimum Gasteiger partial charge on any atom is -0.477 e. The molecule has 0 radical (unpaired) electrons. The van der Waals surface area contributed by atoms with Crippen molar-refractivity contribution in [2.45, 2.75) is 74.5 Å². The minimum absolute atomic E-state index is 0.132. The fourth-order valence-corrected chi connectivity index (χ4v) is 5.79. The van der Waals surface area contributed by atoms with Crippen molar-refractivity contribution >= 4 is 25.4 Å². The van der Waals surface area contributed by atoms with E-state index in [9.17, 15) is 59.6 Å². The number of carboxylic acid groups (broad SMARTS) is 1. The molecule has 250 valence electrons. The molecule has 11 N–H and O–H groups in total. The van der Waals surface area contributed by atoms with Crippen LogP contribution in [0.3, 0.4) is 0 Å². The molecule has 0 saturated carbocycles. The monoisotopic (exact) mass is 656 g/mol. The third-order valence-electron chi connectivity index (χ3n) is 7.13. The van der Waals surface area contributed by atoms with Crippen molar-refractivity contribution in [2.75, 3.05) is 32.0 Å². The molecule has 1 aromatic heterocycles. The van der Waals surface area contributed by atoms with E-state index in [1.54, 1.807) is 6.92 Å². The van der Waals surface area contributed by atoms with Crippen molar-refractivity contribution in [1.82, 2.24) is 14.9 Å². The molecule has 3 rings (SSSR count). The number of ether oxygens (including phenoxy) is 2. The number of aliphatic carboxylic acids is 1. The van der Waals surface area contributed by atoms with Gasteiger partial charge in [-0.1, -0.05) is 6.92 Å². The minimum atomic E-state index is -5.52. The van der Waals surface area contributed by atoms with Crippen LogP contribution in [-0.4, -0.2) is 137 Å². The Morgan fingerprint density at radius 1 is 1.30 bits per heavy atom. The van der Waals surface area contributed by atoms with Crippen LogP contribution in [0.4, 0.5) is 5.82 Å². The van der Waals surface area contributed by atoms with Gasteiger partial charge in [-0.2, -0.15) is 4.98 Å². The fraction of sp³-hybridized carbons (Fsp3) is 0.739. The zero-order chi connectivity index (χ0) is 33.0. The molecule has 2 aliphatic heterocycles. The van der Waals surface area contributed by atoms with Gasteiger partial charge in [-0.25, -0.2) is 18.7 Å². The Morgan fingerprint density at radius 2 is 1.98 bits per heavy atom. The number of aliphatic hydroxyl groups excluding tert-OH is 6. The lowest BCUT2D eigenvalue weighted by Crippen LogP contribution is -2.62. The third kappa shape index (κ3) is 8.23. The van der Waals surface area contributed by atoms with E-state index in [1.165, 1.54) is 6.07 Å². The summed E-state index contributed by atoms with van der Waals surface area (Å²) in [5.74, 6) is -7.22. The Bertz CT molecular complexity index is 1270. The number of anilines is 1. The fourth-order valence-electron chi connectivity index (χ4n) is 4.83. The first-order valence-corrected chi connectivity index (χ1v) is 14.9. The standard InChI is InChI=1S/C23H37N4O16P/c1-2-25-7-10(29)5-11-12(30)6-23(21(35)36,42-19(11)16(32)13(31)8-28)43-44(38,39)40-9-14-17(33)18(34)20(41-14)27-4-3-15(24)26-22(27)37/h3-4,11-14,16-20,25,28,30-34H,2,5-9H2,1H3,(H,35,36)(H,38,39)(H2,24,26,37)/t11?,12?,13-,14-,16?,17+,18?,19?,20-,23?/m1/s1. The van der Waals surface area contributed by atoms with Gasteiger partial charge in [0.05, 0.1) is 32.0 Å². The second-order valence-electron chi connectivity index (χ2n) is 10.3. The number of phosphoric ester groups is 1. The lowest BCUT2D eigenvalue weighted by molar-refractivity contribution is -0.298. The summed E-state index contributed by atoms with van der Waals surface area (Å²) in [6.45, 7) is -0.0460. The number of phosphoric acid groups is 1. The van der Waals surface area contributed by atoms with Gasteiger partial charge in [0.1, 0.15) is 42.1 Å². The van der Waals surface area contributed by atoms with E-state index in [2.05, 4.69) is 10.3 Å². The summed E-state index contributed by atoms with van der Waals surface area (Å²) >= 11 is 0. The molecule has 0 spiro atoms. The molecule has 0 aliphatic carbocycles. The number of hydrogen-bond acceptors (Lipinski definition) is 17. The Balaban J connectivity index is 1.79. The molecule has 21 heteroatoms. The van der Waals surface area contributed by atoms with Gasteiger partial charge in [0, 0.05) is 25.0 Å². The predicted octanol–water partition coefficient (Wildman–Crippen LogP) is -4.59. The highest BCUT2D eigenvalue weighted by Crippen LogP contribution is 2.52. The van der Waals surface area contributed by atoms with E-state index in [0.29, 0.717) is 6.54 Å². The quantitative estimate of drug-likeness (QED) is 0.0794. The van der Waals surface area contributed by atoms with Crippen LogP contribution >= 0.6 is 7.82 Å². The smallest absolute Gasteiger partial charge is 0.475 e. The van der Waals surface area contributed by atoms with Gasteiger partial charge >= 0.3 is 19.5 Å². The molecule has 11 atom stereocenters. The van der Waals surface area contributed by atoms with Crippen LogP contribution in [0.1, 0.15) is 26.0 Å². The number of nitrogens with two attached hydrogens (primary N) is 1. The molecule has 0 amide bonds. The molecule has 0 aromatic carbocycles. The molecule has 2 fully saturated rings. The highest BCUT2D eigenvalue weighted by Gasteiger charge is 2.58. The van der Waals surface area contributed by atoms with E-state index in [0.717, 1.165) is 10.8 Å². The van der Waals surface area contributed by atoms with Crippen molar-refractivity contribution in [3.8, 4) is 0 Å². The Kier molecular flexibility index (Phi) is 12.1. The van der Waals surface area contributed by atoms with Crippen LogP contribution in [0.5, 0.6) is 0 Å². The van der Waals surface area contributed by atoms with Crippen molar-refractivity contribution in [3.63, 3.8) is 0 Å². The second-order valence-corrected chi connectivity index (χ2v) is 11.7. The van der Waals surface area contributed by atoms with Crippen molar-refractivity contribution in [3.05, 3.63) is 22.7 Å². The number of aromatic nitrogens is 2. The summed E-state index contributed by atoms with van der Waals surface area (Å²) in [6, 6.07) is 1.21. The van der Waals surface area contributed by atoms with Gasteiger partial charge in [0.25, 0.3) is 5.79 Å². The number of likely N-dealkylation sites (N-methyl/N-ethyl adjacent to an activating group) is 1. The zero-order valence-corrected chi connectivity index (χ0v) is 24.3. The number of nitrogen functional groups attached to an aromatic ring is 1. The van der Waals surface area contributed by atoms with Gasteiger partial charge in [-0.05, 0) is 12.6 Å². The summed E-state index contributed by atoms with van der Waals surface area (Å²) in [6.07, 6.45) is -14.8. The summed E-state index contributed by atoms with van der Waals surface area (Å²) in [7, 11) is -5.52. The largest absolute Gasteiger partial charge is 0.477 e. The molecule has 44 heavy (non-hydrogen) atoms. The van der Waals surface area contributed by atoms with Crippen LogP contribution in [0.2, 0.25) is 0 Å². The number of nitrogens with zero attached hydrogens (tertiary/aromatic N) is 2. The maximum atomic E-state index is 12.9. The molecule has 3 heterocycles. The number of carbonyl (C=O) groups excluding carboxylic acids is 1. The van der Waals surface area contributed by atoms with Crippen LogP contribution in [0.25, 0.3) is 0 Å². The van der Waals surface area contributed by atoms with E-state index in [-0.39, 0.29) is 12.4 Å². The predicted molar refractivity (Wildman–Crippen MR) is 142 cm³/mol. The first-order chi connectivity index (χ1) is 20.6. The van der Waals surface area contributed by atoms with Gasteiger partial charge in [-0.3, -0.25) is 13.9 Å². The molecule has 2 saturated heterocycles. The summed E-state index contributed by atoms with van der Waals surface area (Å²) in [5, 5.41) is 74.2. The van der Waals surface area contributed by atoms with Gasteiger partial charge in [-0.15, -0.1) is 0 Å². The van der Waals surface area contributed by atoms with Crippen LogP contribution in [0, 0.1) is 5.92 Å². The average Bonchev–Trinajstić information content (AvgIpc) is 3.23. The zero-order valence-electron chi connectivity index (χ0n) is 23.4. The number of carbonyl (C=O) groups is 2. The highest BCUT2D eigenvalue weighted by molar-refractivity contribution is 7.47. The molecule has 1 aromatic rings. The molecule has 7 unspecified atom stereocenters. The van der Waals surface area contributed by atoms with Crippen molar-refractivity contribution in [1.29, 1.82) is 0 Å². The molecule has 0 bridgehead atoms. The highest BCUT2D eigenvalue weighted by atomic mass is 31.2. The summed E-state index contributed by atoms with van der Waals surface area (Å²) < 4.78 is 34.2. The average molecular weight is 657 g/mol. The van der Waals surface area contributed by atoms with Crippen molar-refractivity contribution in [2.24, 2.45) is 5.92 Å². The van der Waals surface area contributed by atoms with E-state index in [4.69, 9.17) is 24.3 Å². The number of carboxylic acids is 1. The lowest BCUT2D eigenvalue weighted by atomic mass is 9.80. The van der Waals surface area contributed by atoms with Crippen LogP contribution in [-0.2, 0) is 32.7 Å². The number of aliphatic hydroxyl groups is 6. The van der Waals surface area contributed by atoms with E-state index in [1.807, 2.05) is 0 Å². The number of nitrogens with one attached hydrogen (secondary N) is 1. The molecule has 20 nitrogen and oxygen atoms in total. The molecular weight excluding hydrogens is 619 g/mol. The van der Waals surface area contributed by atoms with Gasteiger partial charge < -0.3 is 61.2 Å². The topological polar surface area (TPSA) is 323 Å². The first-order valence-electron chi connectivity index (χ1n) is 13.4. The second kappa shape index (κ2) is 14.8. The summed E-state index contributed by atoms with van der Waals surface area (Å²) in [4.78, 5) is 50.7. The Hall–Kier alpha value is -2.43. The maximum Gasteiger partial charge on any atom is 0.475 e. The molecule has 2 aliphatic rings. The van der Waals surface area contributed by atoms with Gasteiger partial charge in [0.2, 0.25) is 0 Å². The Labute approximate surface area is 249 Å². The number of hydrogen-bond donors (Lipinski definition) is 10. The lowest BCUT2D eigenvalue weighted by Gasteiger charge is -2.46. The Morgan fingerprint density at radius 3 is 2.57 bits per heavy atom. The SMILES string of the molecule is CCNCC(=O)CC1C(O)CC(OP(=O)(O)OC[C@H]2O[C@@H](n3ccc(N)nc3=O)C(O)[C@H]2O)(C(=O)O)OC1C(O)[C@H](O)CO. The van der Waals surface area contributed by atoms with E-state index < -0.39 is 112 Å². The normalized spacial score (nSPS) is 33.4. The number of Topliss-reactive ketones (excluding diaryl/α,β-unsaturated/α-hetero) is 1. The molecular formula is C23H37N4O16P. The number of ketones is 1. The van der Waals surface area contributed by atoms with Crippen LogP contribution < -0.4 is 16.7 Å². The summed E-state index contributed by atoms with van der Waals surface area (Å²) in [5.41, 5.74) is 4.48. The van der Waals surface area contributed by atoms with E-state index >= 15 is 0 Å². The number of rotatable bonds is 15. The van der Waals surface area contributed by atoms with Crippen LogP contribution in [0.15, 0.2) is 17.1 Å². The van der Waals surface area contributed by atoms with Gasteiger partial charge in [0.15, 0.2) is 6.23 Å². The first kappa shape index (κ1) is 36.0. The third-order valence-corrected chi connectivity index (χ3v) is 8.13. The van der Waals surface area contributed by atoms with Crippen molar-refractivity contribution < 1.29 is 73.3 Å².